The van der Waals surface area contributed by atoms with Gasteiger partial charge >= 0.3 is 0 Å². The van der Waals surface area contributed by atoms with Crippen LogP contribution in [0.2, 0.25) is 5.02 Å². The Balaban J connectivity index is 3.00. The normalized spacial score (nSPS) is 11.1. The number of hydrogen-bond donors (Lipinski definition) is 0. The molecule has 1 aromatic heterocycles. The van der Waals surface area contributed by atoms with Gasteiger partial charge in [-0.2, -0.15) is 0 Å². The standard InChI is InChI=1S/C11H12ClN/c1-7-6-10(12)8(2)11-9(7)4-5-13(11)3/h4-6H,1-3H3. The van der Waals surface area contributed by atoms with Gasteiger partial charge in [-0.1, -0.05) is 11.6 Å². The molecule has 0 radical (unpaired) electrons. The molecule has 68 valence electrons. The molecular formula is C11H12ClN. The smallest absolute Gasteiger partial charge is 0.0525 e. The summed E-state index contributed by atoms with van der Waals surface area (Å²) in [6.07, 6.45) is 2.07. The zero-order valence-corrected chi connectivity index (χ0v) is 8.81. The van der Waals surface area contributed by atoms with E-state index < -0.39 is 0 Å². The number of fused-ring (bicyclic) bond motifs is 1. The first-order valence-corrected chi connectivity index (χ1v) is 4.70. The second-order valence-corrected chi connectivity index (χ2v) is 3.90. The molecular weight excluding hydrogens is 182 g/mol. The molecule has 0 bridgehead atoms. The van der Waals surface area contributed by atoms with Crippen molar-refractivity contribution in [2.75, 3.05) is 0 Å². The maximum Gasteiger partial charge on any atom is 0.0525 e. The lowest BCUT2D eigenvalue weighted by molar-refractivity contribution is 0.964. The highest BCUT2D eigenvalue weighted by Gasteiger charge is 2.07. The van der Waals surface area contributed by atoms with Gasteiger partial charge in [0.15, 0.2) is 0 Å². The Kier molecular flexibility index (Phi) is 1.85. The van der Waals surface area contributed by atoms with Crippen LogP contribution in [0, 0.1) is 13.8 Å². The molecule has 2 rings (SSSR count). The predicted molar refractivity (Wildman–Crippen MR) is 57.4 cm³/mol. The Labute approximate surface area is 82.9 Å². The molecule has 1 heterocycles. The summed E-state index contributed by atoms with van der Waals surface area (Å²) < 4.78 is 2.11. The van der Waals surface area contributed by atoms with Crippen molar-refractivity contribution in [3.8, 4) is 0 Å². The van der Waals surface area contributed by atoms with E-state index in [4.69, 9.17) is 11.6 Å². The SMILES string of the molecule is Cc1cc(Cl)c(C)c2c1ccn2C. The van der Waals surface area contributed by atoms with Crippen molar-refractivity contribution in [3.63, 3.8) is 0 Å². The molecule has 0 aliphatic heterocycles. The van der Waals surface area contributed by atoms with Crippen molar-refractivity contribution >= 4 is 22.5 Å². The lowest BCUT2D eigenvalue weighted by Crippen LogP contribution is -1.89. The fraction of sp³-hybridized carbons (Fsp3) is 0.273. The molecule has 0 spiro atoms. The molecule has 0 saturated carbocycles. The van der Waals surface area contributed by atoms with E-state index in [1.165, 1.54) is 16.5 Å². The number of halogens is 1. The van der Waals surface area contributed by atoms with Crippen LogP contribution in [0.15, 0.2) is 18.3 Å². The van der Waals surface area contributed by atoms with Gasteiger partial charge in [0.1, 0.15) is 0 Å². The molecule has 0 amide bonds. The largest absolute Gasteiger partial charge is 0.350 e. The highest BCUT2D eigenvalue weighted by Crippen LogP contribution is 2.28. The molecule has 1 aromatic carbocycles. The Morgan fingerprint density at radius 1 is 1.31 bits per heavy atom. The summed E-state index contributed by atoms with van der Waals surface area (Å²) in [6, 6.07) is 4.16. The third kappa shape index (κ3) is 1.15. The third-order valence-corrected chi connectivity index (χ3v) is 2.95. The predicted octanol–water partition coefficient (Wildman–Crippen LogP) is 3.45. The summed E-state index contributed by atoms with van der Waals surface area (Å²) in [5.41, 5.74) is 3.64. The van der Waals surface area contributed by atoms with Crippen LogP contribution >= 0.6 is 11.6 Å². The molecule has 0 fully saturated rings. The summed E-state index contributed by atoms with van der Waals surface area (Å²) in [5.74, 6) is 0. The van der Waals surface area contributed by atoms with Crippen LogP contribution in [0.25, 0.3) is 10.9 Å². The van der Waals surface area contributed by atoms with Crippen LogP contribution in [-0.2, 0) is 7.05 Å². The fourth-order valence-corrected chi connectivity index (χ4v) is 2.06. The monoisotopic (exact) mass is 193 g/mol. The van der Waals surface area contributed by atoms with Gasteiger partial charge in [0.05, 0.1) is 5.52 Å². The minimum atomic E-state index is 0.854. The quantitative estimate of drug-likeness (QED) is 0.604. The molecule has 2 aromatic rings. The second-order valence-electron chi connectivity index (χ2n) is 3.49. The number of hydrogen-bond acceptors (Lipinski definition) is 0. The van der Waals surface area contributed by atoms with Gasteiger partial charge in [-0.3, -0.25) is 0 Å². The van der Waals surface area contributed by atoms with E-state index in [0.29, 0.717) is 0 Å². The Hall–Kier alpha value is -0.950. The minimum absolute atomic E-state index is 0.854. The molecule has 0 N–H and O–H groups in total. The van der Waals surface area contributed by atoms with Crippen molar-refractivity contribution in [2.24, 2.45) is 7.05 Å². The topological polar surface area (TPSA) is 4.93 Å². The molecule has 0 atom stereocenters. The first-order chi connectivity index (χ1) is 6.11. The number of rotatable bonds is 0. The van der Waals surface area contributed by atoms with Gasteiger partial charge in [-0.25, -0.2) is 0 Å². The fourth-order valence-electron chi connectivity index (χ4n) is 1.80. The van der Waals surface area contributed by atoms with Crippen molar-refractivity contribution in [2.45, 2.75) is 13.8 Å². The molecule has 0 aliphatic rings. The van der Waals surface area contributed by atoms with Crippen LogP contribution in [-0.4, -0.2) is 4.57 Å². The van der Waals surface area contributed by atoms with Crippen LogP contribution < -0.4 is 0 Å². The number of aryl methyl sites for hydroxylation is 3. The van der Waals surface area contributed by atoms with Crippen LogP contribution in [0.3, 0.4) is 0 Å². The molecule has 0 unspecified atom stereocenters. The van der Waals surface area contributed by atoms with Gasteiger partial charge < -0.3 is 4.57 Å². The minimum Gasteiger partial charge on any atom is -0.350 e. The van der Waals surface area contributed by atoms with Crippen LogP contribution in [0.4, 0.5) is 0 Å². The summed E-state index contributed by atoms with van der Waals surface area (Å²) >= 11 is 6.11. The molecule has 0 aliphatic carbocycles. The number of aromatic nitrogens is 1. The Bertz CT molecular complexity index is 468. The average Bonchev–Trinajstić information content (AvgIpc) is 2.44. The first kappa shape index (κ1) is 8.64. The average molecular weight is 194 g/mol. The van der Waals surface area contributed by atoms with E-state index in [1.54, 1.807) is 0 Å². The van der Waals surface area contributed by atoms with Gasteiger partial charge in [0, 0.05) is 23.7 Å². The zero-order chi connectivity index (χ0) is 9.59. The van der Waals surface area contributed by atoms with Crippen molar-refractivity contribution in [1.82, 2.24) is 4.57 Å². The molecule has 13 heavy (non-hydrogen) atoms. The van der Waals surface area contributed by atoms with Gasteiger partial charge in [-0.05, 0) is 37.1 Å². The van der Waals surface area contributed by atoms with Crippen LogP contribution in [0.1, 0.15) is 11.1 Å². The highest BCUT2D eigenvalue weighted by atomic mass is 35.5. The zero-order valence-electron chi connectivity index (χ0n) is 8.06. The van der Waals surface area contributed by atoms with E-state index in [1.807, 2.05) is 13.1 Å². The molecule has 2 heteroatoms. The van der Waals surface area contributed by atoms with Gasteiger partial charge in [-0.15, -0.1) is 0 Å². The third-order valence-electron chi connectivity index (χ3n) is 2.55. The van der Waals surface area contributed by atoms with Gasteiger partial charge in [0.25, 0.3) is 0 Å². The summed E-state index contributed by atoms with van der Waals surface area (Å²) in [5, 5.41) is 2.15. The maximum absolute atomic E-state index is 6.11. The summed E-state index contributed by atoms with van der Waals surface area (Å²) in [4.78, 5) is 0. The molecule has 1 nitrogen and oxygen atoms in total. The Morgan fingerprint density at radius 3 is 2.69 bits per heavy atom. The van der Waals surface area contributed by atoms with E-state index in [-0.39, 0.29) is 0 Å². The maximum atomic E-state index is 6.11. The van der Waals surface area contributed by atoms with E-state index >= 15 is 0 Å². The number of nitrogens with zero attached hydrogens (tertiary/aromatic N) is 1. The number of benzene rings is 1. The summed E-state index contributed by atoms with van der Waals surface area (Å²) in [7, 11) is 2.05. The summed E-state index contributed by atoms with van der Waals surface area (Å²) in [6.45, 7) is 4.15. The van der Waals surface area contributed by atoms with Crippen LogP contribution in [0.5, 0.6) is 0 Å². The lowest BCUT2D eigenvalue weighted by Gasteiger charge is -2.05. The first-order valence-electron chi connectivity index (χ1n) is 4.32. The highest BCUT2D eigenvalue weighted by molar-refractivity contribution is 6.32. The second kappa shape index (κ2) is 2.78. The van der Waals surface area contributed by atoms with Crippen molar-refractivity contribution in [3.05, 3.63) is 34.5 Å². The molecule has 0 saturated heterocycles. The van der Waals surface area contributed by atoms with E-state index in [0.717, 1.165) is 10.6 Å². The van der Waals surface area contributed by atoms with Gasteiger partial charge in [0.2, 0.25) is 0 Å². The Morgan fingerprint density at radius 2 is 2.00 bits per heavy atom. The van der Waals surface area contributed by atoms with E-state index in [2.05, 4.69) is 30.7 Å². The van der Waals surface area contributed by atoms with Crippen molar-refractivity contribution in [1.29, 1.82) is 0 Å². The lowest BCUT2D eigenvalue weighted by atomic mass is 10.1. The van der Waals surface area contributed by atoms with Crippen molar-refractivity contribution < 1.29 is 0 Å². The van der Waals surface area contributed by atoms with E-state index in [9.17, 15) is 0 Å².